The first kappa shape index (κ1) is 20.0. The van der Waals surface area contributed by atoms with Crippen LogP contribution in [-0.4, -0.2) is 67.6 Å². The first-order valence-corrected chi connectivity index (χ1v) is 10.5. The molecule has 27 heavy (non-hydrogen) atoms. The Kier molecular flexibility index (Phi) is 6.64. The lowest BCUT2D eigenvalue weighted by Crippen LogP contribution is -2.56. The van der Waals surface area contributed by atoms with Crippen LogP contribution in [0.3, 0.4) is 0 Å². The maximum Gasteiger partial charge on any atom is 0.239 e. The smallest absolute Gasteiger partial charge is 0.239 e. The number of hydrogen-bond donors (Lipinski definition) is 0. The van der Waals surface area contributed by atoms with Crippen LogP contribution < -0.4 is 9.64 Å². The van der Waals surface area contributed by atoms with Crippen molar-refractivity contribution < 1.29 is 9.53 Å². The van der Waals surface area contributed by atoms with E-state index in [2.05, 4.69) is 47.6 Å². The lowest BCUT2D eigenvalue weighted by Gasteiger charge is -2.42. The molecule has 5 heteroatoms. The zero-order valence-corrected chi connectivity index (χ0v) is 17.4. The maximum atomic E-state index is 13.0. The van der Waals surface area contributed by atoms with Gasteiger partial charge in [-0.2, -0.15) is 0 Å². The molecular formula is C22H35N3O2. The van der Waals surface area contributed by atoms with Crippen molar-refractivity contribution in [2.75, 3.05) is 50.8 Å². The molecule has 2 fully saturated rings. The van der Waals surface area contributed by atoms with Crippen LogP contribution in [0.2, 0.25) is 0 Å². The lowest BCUT2D eigenvalue weighted by molar-refractivity contribution is -0.139. The molecule has 1 aromatic rings. The van der Waals surface area contributed by atoms with Crippen molar-refractivity contribution in [1.29, 1.82) is 0 Å². The van der Waals surface area contributed by atoms with Gasteiger partial charge in [0.05, 0.1) is 18.3 Å². The molecule has 2 aliphatic heterocycles. The van der Waals surface area contributed by atoms with Crippen molar-refractivity contribution in [2.24, 2.45) is 11.8 Å². The van der Waals surface area contributed by atoms with E-state index < -0.39 is 0 Å². The first-order valence-electron chi connectivity index (χ1n) is 10.5. The Labute approximate surface area is 164 Å². The monoisotopic (exact) mass is 373 g/mol. The van der Waals surface area contributed by atoms with E-state index in [1.54, 1.807) is 0 Å². The van der Waals surface area contributed by atoms with E-state index >= 15 is 0 Å². The number of piperidine rings is 1. The Morgan fingerprint density at radius 1 is 1.11 bits per heavy atom. The number of rotatable bonds is 5. The van der Waals surface area contributed by atoms with Gasteiger partial charge in [-0.25, -0.2) is 0 Å². The molecule has 2 saturated heterocycles. The molecule has 3 unspecified atom stereocenters. The molecule has 3 atom stereocenters. The van der Waals surface area contributed by atoms with Gasteiger partial charge in [0.25, 0.3) is 0 Å². The molecule has 3 rings (SSSR count). The van der Waals surface area contributed by atoms with E-state index in [9.17, 15) is 4.79 Å². The summed E-state index contributed by atoms with van der Waals surface area (Å²) in [6.45, 7) is 14.8. The summed E-state index contributed by atoms with van der Waals surface area (Å²) in [6, 6.07) is 8.22. The fourth-order valence-electron chi connectivity index (χ4n) is 4.61. The summed E-state index contributed by atoms with van der Waals surface area (Å²) < 4.78 is 5.79. The number of anilines is 1. The zero-order chi connectivity index (χ0) is 19.4. The van der Waals surface area contributed by atoms with Gasteiger partial charge < -0.3 is 14.5 Å². The van der Waals surface area contributed by atoms with E-state index in [-0.39, 0.29) is 6.04 Å². The summed E-state index contributed by atoms with van der Waals surface area (Å²) in [4.78, 5) is 19.8. The minimum Gasteiger partial charge on any atom is -0.492 e. The average molecular weight is 374 g/mol. The van der Waals surface area contributed by atoms with Crippen LogP contribution in [0.1, 0.15) is 34.1 Å². The standard InChI is InChI=1S/C22H35N3O2/c1-5-27-21-9-7-6-8-20(21)24-12-10-23(11-13-24)19(4)22(26)25-15-17(2)14-18(3)16-25/h6-9,17-19H,5,10-16H2,1-4H3. The van der Waals surface area contributed by atoms with E-state index in [1.165, 1.54) is 6.42 Å². The fraction of sp³-hybridized carbons (Fsp3) is 0.682. The van der Waals surface area contributed by atoms with E-state index in [1.807, 2.05) is 19.1 Å². The van der Waals surface area contributed by atoms with Crippen LogP contribution in [0.4, 0.5) is 5.69 Å². The molecule has 5 nitrogen and oxygen atoms in total. The van der Waals surface area contributed by atoms with Gasteiger partial charge in [0.1, 0.15) is 5.75 Å². The third-order valence-electron chi connectivity index (χ3n) is 5.91. The van der Waals surface area contributed by atoms with Crippen LogP contribution in [0.5, 0.6) is 5.75 Å². The van der Waals surface area contributed by atoms with Gasteiger partial charge >= 0.3 is 0 Å². The predicted octanol–water partition coefficient (Wildman–Crippen LogP) is 3.10. The Morgan fingerprint density at radius 3 is 2.37 bits per heavy atom. The van der Waals surface area contributed by atoms with Crippen molar-refractivity contribution in [2.45, 2.75) is 40.2 Å². The fourth-order valence-corrected chi connectivity index (χ4v) is 4.61. The zero-order valence-electron chi connectivity index (χ0n) is 17.4. The summed E-state index contributed by atoms with van der Waals surface area (Å²) in [5.41, 5.74) is 1.16. The SMILES string of the molecule is CCOc1ccccc1N1CCN(C(C)C(=O)N2CC(C)CC(C)C2)CC1. The second kappa shape index (κ2) is 8.96. The third kappa shape index (κ3) is 4.75. The van der Waals surface area contributed by atoms with Crippen molar-refractivity contribution in [3.63, 3.8) is 0 Å². The van der Waals surface area contributed by atoms with E-state index in [0.717, 1.165) is 50.7 Å². The van der Waals surface area contributed by atoms with Crippen molar-refractivity contribution in [3.05, 3.63) is 24.3 Å². The molecule has 0 bridgehead atoms. The molecule has 0 spiro atoms. The van der Waals surface area contributed by atoms with Gasteiger partial charge in [-0.15, -0.1) is 0 Å². The van der Waals surface area contributed by atoms with Gasteiger partial charge in [0.2, 0.25) is 5.91 Å². The summed E-state index contributed by atoms with van der Waals surface area (Å²) in [5, 5.41) is 0. The largest absolute Gasteiger partial charge is 0.492 e. The number of hydrogen-bond acceptors (Lipinski definition) is 4. The molecule has 0 saturated carbocycles. The number of likely N-dealkylation sites (tertiary alicyclic amines) is 1. The molecular weight excluding hydrogens is 338 g/mol. The van der Waals surface area contributed by atoms with Crippen LogP contribution >= 0.6 is 0 Å². The molecule has 1 amide bonds. The third-order valence-corrected chi connectivity index (χ3v) is 5.91. The second-order valence-corrected chi connectivity index (χ2v) is 8.29. The molecule has 2 heterocycles. The van der Waals surface area contributed by atoms with Crippen LogP contribution in [0.25, 0.3) is 0 Å². The molecule has 0 radical (unpaired) electrons. The Balaban J connectivity index is 1.58. The molecule has 0 aromatic heterocycles. The minimum atomic E-state index is -0.0354. The summed E-state index contributed by atoms with van der Waals surface area (Å²) in [7, 11) is 0. The van der Waals surface area contributed by atoms with Gasteiger partial charge in [-0.1, -0.05) is 26.0 Å². The molecule has 150 valence electrons. The van der Waals surface area contributed by atoms with Crippen LogP contribution in [0, 0.1) is 11.8 Å². The molecule has 1 aromatic carbocycles. The van der Waals surface area contributed by atoms with Gasteiger partial charge in [-0.3, -0.25) is 9.69 Å². The van der Waals surface area contributed by atoms with E-state index in [0.29, 0.717) is 24.3 Å². The number of carbonyl (C=O) groups is 1. The quantitative estimate of drug-likeness (QED) is 0.795. The topological polar surface area (TPSA) is 36.0 Å². The highest BCUT2D eigenvalue weighted by atomic mass is 16.5. The number of piperazine rings is 1. The number of nitrogens with zero attached hydrogens (tertiary/aromatic N) is 3. The van der Waals surface area contributed by atoms with Gasteiger partial charge in [0, 0.05) is 39.3 Å². The number of carbonyl (C=O) groups excluding carboxylic acids is 1. The van der Waals surface area contributed by atoms with Crippen molar-refractivity contribution in [1.82, 2.24) is 9.80 Å². The Morgan fingerprint density at radius 2 is 1.74 bits per heavy atom. The number of benzene rings is 1. The molecule has 0 N–H and O–H groups in total. The lowest BCUT2D eigenvalue weighted by atomic mass is 9.91. The summed E-state index contributed by atoms with van der Waals surface area (Å²) in [6.07, 6.45) is 1.23. The highest BCUT2D eigenvalue weighted by Crippen LogP contribution is 2.29. The van der Waals surface area contributed by atoms with Crippen LogP contribution in [-0.2, 0) is 4.79 Å². The summed E-state index contributed by atoms with van der Waals surface area (Å²) >= 11 is 0. The maximum absolute atomic E-state index is 13.0. The highest BCUT2D eigenvalue weighted by molar-refractivity contribution is 5.81. The molecule has 0 aliphatic carbocycles. The van der Waals surface area contributed by atoms with Gasteiger partial charge in [-0.05, 0) is 44.2 Å². The average Bonchev–Trinajstić information content (AvgIpc) is 2.67. The normalized spacial score (nSPS) is 25.3. The number of amides is 1. The Bertz CT molecular complexity index is 618. The van der Waals surface area contributed by atoms with E-state index in [4.69, 9.17) is 4.74 Å². The van der Waals surface area contributed by atoms with Crippen molar-refractivity contribution in [3.8, 4) is 5.75 Å². The van der Waals surface area contributed by atoms with Crippen molar-refractivity contribution >= 4 is 11.6 Å². The molecule has 2 aliphatic rings. The Hall–Kier alpha value is -1.75. The first-order chi connectivity index (χ1) is 13.0. The predicted molar refractivity (Wildman–Crippen MR) is 110 cm³/mol. The van der Waals surface area contributed by atoms with Gasteiger partial charge in [0.15, 0.2) is 0 Å². The second-order valence-electron chi connectivity index (χ2n) is 8.29. The number of para-hydroxylation sites is 2. The summed E-state index contributed by atoms with van der Waals surface area (Å²) in [5.74, 6) is 2.47. The number of ether oxygens (including phenoxy) is 1. The highest BCUT2D eigenvalue weighted by Gasteiger charge is 2.32. The minimum absolute atomic E-state index is 0.0354. The van der Waals surface area contributed by atoms with Crippen LogP contribution in [0.15, 0.2) is 24.3 Å².